The highest BCUT2D eigenvalue weighted by Crippen LogP contribution is 2.33. The van der Waals surface area contributed by atoms with Crippen molar-refractivity contribution >= 4 is 34.5 Å². The fraction of sp³-hybridized carbons (Fsp3) is 0.375. The van der Waals surface area contributed by atoms with Gasteiger partial charge in [0.05, 0.1) is 39.8 Å². The molecule has 9 heteroatoms. The number of pyridine rings is 1. The summed E-state index contributed by atoms with van der Waals surface area (Å²) in [5, 5.41) is 19.3. The molecule has 1 saturated heterocycles. The van der Waals surface area contributed by atoms with Crippen LogP contribution in [-0.4, -0.2) is 40.4 Å². The topological polar surface area (TPSA) is 85.9 Å². The summed E-state index contributed by atoms with van der Waals surface area (Å²) in [7, 11) is 0. The van der Waals surface area contributed by atoms with Crippen LogP contribution in [0.25, 0.3) is 5.52 Å². The fourth-order valence-corrected chi connectivity index (χ4v) is 4.20. The molecule has 33 heavy (non-hydrogen) atoms. The summed E-state index contributed by atoms with van der Waals surface area (Å²) in [6.45, 7) is 7.10. The van der Waals surface area contributed by atoms with Gasteiger partial charge in [-0.1, -0.05) is 23.7 Å². The van der Waals surface area contributed by atoms with E-state index in [-0.39, 0.29) is 6.04 Å². The number of urea groups is 1. The first-order valence-electron chi connectivity index (χ1n) is 10.9. The number of fused-ring (bicyclic) bond motifs is 1. The number of rotatable bonds is 4. The summed E-state index contributed by atoms with van der Waals surface area (Å²) in [5.41, 5.74) is 1.30. The van der Waals surface area contributed by atoms with Crippen molar-refractivity contribution < 1.29 is 9.63 Å². The van der Waals surface area contributed by atoms with Crippen LogP contribution in [-0.2, 0) is 4.84 Å². The Labute approximate surface area is 198 Å². The molecule has 1 N–H and O–H groups in total. The van der Waals surface area contributed by atoms with Crippen LogP contribution in [0, 0.1) is 11.3 Å². The summed E-state index contributed by atoms with van der Waals surface area (Å²) < 4.78 is 1.63. The smallest absolute Gasteiger partial charge is 0.315 e. The van der Waals surface area contributed by atoms with E-state index in [0.29, 0.717) is 34.0 Å². The number of nitrogens with zero attached hydrogens (tertiary/aromatic N) is 5. The number of hydroxylamine groups is 1. The van der Waals surface area contributed by atoms with Gasteiger partial charge in [0.1, 0.15) is 11.6 Å². The number of nitrogens with one attached hydrogen (secondary N) is 1. The summed E-state index contributed by atoms with van der Waals surface area (Å²) in [5.74, 6) is 0. The summed E-state index contributed by atoms with van der Waals surface area (Å²) in [6, 6.07) is 12.3. The van der Waals surface area contributed by atoms with E-state index in [1.165, 1.54) is 5.06 Å². The number of benzene rings is 1. The van der Waals surface area contributed by atoms with Gasteiger partial charge in [0.2, 0.25) is 0 Å². The van der Waals surface area contributed by atoms with Crippen LogP contribution in [0.2, 0.25) is 5.02 Å². The Morgan fingerprint density at radius 1 is 1.27 bits per heavy atom. The molecule has 1 fully saturated rings. The average molecular weight is 467 g/mol. The number of para-hydroxylation sites is 1. The largest absolute Gasteiger partial charge is 0.353 e. The molecule has 0 spiro atoms. The Morgan fingerprint density at radius 2 is 2.06 bits per heavy atom. The van der Waals surface area contributed by atoms with Gasteiger partial charge in [-0.25, -0.2) is 9.31 Å². The minimum atomic E-state index is -0.668. The van der Waals surface area contributed by atoms with E-state index in [1.54, 1.807) is 58.2 Å². The third-order valence-corrected chi connectivity index (χ3v) is 5.70. The number of carbonyl (C=O) groups excluding carboxylic acids is 1. The van der Waals surface area contributed by atoms with E-state index in [4.69, 9.17) is 16.4 Å². The van der Waals surface area contributed by atoms with E-state index in [2.05, 4.69) is 16.5 Å². The van der Waals surface area contributed by atoms with Crippen molar-refractivity contribution in [1.82, 2.24) is 14.9 Å². The van der Waals surface area contributed by atoms with Crippen LogP contribution < -0.4 is 15.3 Å². The quantitative estimate of drug-likeness (QED) is 0.559. The normalized spacial score (nSPS) is 16.4. The van der Waals surface area contributed by atoms with Gasteiger partial charge in [0.15, 0.2) is 0 Å². The summed E-state index contributed by atoms with van der Waals surface area (Å²) in [4.78, 5) is 22.0. The first kappa shape index (κ1) is 23.1. The minimum Gasteiger partial charge on any atom is -0.315 e. The molecular weight excluding hydrogens is 440 g/mol. The maximum atomic E-state index is 14.2. The Balaban J connectivity index is 1.87. The van der Waals surface area contributed by atoms with Gasteiger partial charge in [-0.15, -0.1) is 0 Å². The Morgan fingerprint density at radius 3 is 2.73 bits per heavy atom. The zero-order valence-corrected chi connectivity index (χ0v) is 19.7. The second-order valence-corrected chi connectivity index (χ2v) is 9.36. The third kappa shape index (κ3) is 4.81. The maximum Gasteiger partial charge on any atom is 0.353 e. The number of hydrogen-bond acceptors (Lipinski definition) is 5. The molecular formula is C24H27ClN6O2. The van der Waals surface area contributed by atoms with Gasteiger partial charge >= 0.3 is 6.03 Å². The molecule has 1 atom stereocenters. The molecule has 0 radical (unpaired) electrons. The molecule has 8 nitrogen and oxygen atoms in total. The lowest BCUT2D eigenvalue weighted by atomic mass is 10.0. The van der Waals surface area contributed by atoms with Crippen LogP contribution in [0.3, 0.4) is 0 Å². The highest BCUT2D eigenvalue weighted by Gasteiger charge is 2.36. The number of aromatic nitrogens is 2. The monoisotopic (exact) mass is 466 g/mol. The second kappa shape index (κ2) is 9.40. The van der Waals surface area contributed by atoms with Gasteiger partial charge in [-0.3, -0.25) is 9.74 Å². The van der Waals surface area contributed by atoms with Gasteiger partial charge < -0.3 is 5.32 Å². The van der Waals surface area contributed by atoms with E-state index in [0.717, 1.165) is 19.4 Å². The fourth-order valence-electron chi connectivity index (χ4n) is 3.99. The van der Waals surface area contributed by atoms with Crippen molar-refractivity contribution in [2.24, 2.45) is 0 Å². The molecule has 0 saturated carbocycles. The molecule has 4 rings (SSSR count). The number of halogens is 1. The number of hydrogen-bond donors (Lipinski definition) is 1. The molecule has 0 unspecified atom stereocenters. The van der Waals surface area contributed by atoms with Crippen LogP contribution >= 0.6 is 11.6 Å². The van der Waals surface area contributed by atoms with E-state index < -0.39 is 11.6 Å². The molecule has 1 aliphatic heterocycles. The van der Waals surface area contributed by atoms with Crippen molar-refractivity contribution in [2.75, 3.05) is 23.1 Å². The first-order chi connectivity index (χ1) is 15.8. The van der Waals surface area contributed by atoms with Crippen LogP contribution in [0.4, 0.5) is 16.2 Å². The van der Waals surface area contributed by atoms with Crippen molar-refractivity contribution in [3.63, 3.8) is 0 Å². The summed E-state index contributed by atoms with van der Waals surface area (Å²) >= 11 is 6.48. The number of nitriles is 1. The predicted molar refractivity (Wildman–Crippen MR) is 128 cm³/mol. The third-order valence-electron chi connectivity index (χ3n) is 5.38. The first-order valence-corrected chi connectivity index (χ1v) is 11.3. The lowest BCUT2D eigenvalue weighted by Crippen LogP contribution is -2.55. The van der Waals surface area contributed by atoms with Crippen molar-refractivity contribution in [3.05, 3.63) is 59.4 Å². The Hall–Kier alpha value is -3.12. The molecule has 2 aromatic heterocycles. The average Bonchev–Trinajstić information content (AvgIpc) is 3.27. The zero-order chi connectivity index (χ0) is 23.6. The van der Waals surface area contributed by atoms with Crippen molar-refractivity contribution in [1.29, 1.82) is 5.26 Å². The Bertz CT molecular complexity index is 1190. The molecule has 1 aliphatic rings. The van der Waals surface area contributed by atoms with Gasteiger partial charge in [-0.2, -0.15) is 15.4 Å². The van der Waals surface area contributed by atoms with Gasteiger partial charge in [0.25, 0.3) is 0 Å². The lowest BCUT2D eigenvalue weighted by Gasteiger charge is -2.39. The highest BCUT2D eigenvalue weighted by molar-refractivity contribution is 6.33. The van der Waals surface area contributed by atoms with Gasteiger partial charge in [-0.05, 0) is 64.4 Å². The van der Waals surface area contributed by atoms with E-state index in [9.17, 15) is 10.1 Å². The molecule has 2 amide bonds. The number of anilines is 2. The second-order valence-electron chi connectivity index (χ2n) is 8.95. The number of amides is 2. The SMILES string of the molecule is CC(C)(C)ON(C(=O)N(c1ccn2nccc2c1C#N)[C@H]1CCCNC1)c1ccccc1Cl. The van der Waals surface area contributed by atoms with E-state index in [1.807, 2.05) is 20.8 Å². The van der Waals surface area contributed by atoms with Crippen molar-refractivity contribution in [3.8, 4) is 6.07 Å². The maximum absolute atomic E-state index is 14.2. The van der Waals surface area contributed by atoms with E-state index >= 15 is 0 Å². The van der Waals surface area contributed by atoms with Crippen LogP contribution in [0.1, 0.15) is 39.2 Å². The van der Waals surface area contributed by atoms with Gasteiger partial charge in [0, 0.05) is 12.7 Å². The lowest BCUT2D eigenvalue weighted by molar-refractivity contribution is -0.00691. The van der Waals surface area contributed by atoms with Crippen LogP contribution in [0.15, 0.2) is 48.8 Å². The molecule has 172 valence electrons. The minimum absolute atomic E-state index is 0.169. The standard InChI is InChI=1S/C24H27ClN6O2/c1-24(2,3)33-31(22-9-5-4-8-19(22)25)23(32)30(17-7-6-12-27-16-17)21-11-14-29-20(10-13-28-29)18(21)15-26/h4-5,8-11,13-14,17,27H,6-7,12,16H2,1-3H3/t17-/m0/s1. The zero-order valence-electron chi connectivity index (χ0n) is 19.0. The summed E-state index contributed by atoms with van der Waals surface area (Å²) in [6.07, 6.45) is 5.09. The number of carbonyl (C=O) groups is 1. The Kier molecular flexibility index (Phi) is 6.56. The molecule has 1 aromatic carbocycles. The molecule has 3 heterocycles. The highest BCUT2D eigenvalue weighted by atomic mass is 35.5. The van der Waals surface area contributed by atoms with Crippen LogP contribution in [0.5, 0.6) is 0 Å². The molecule has 3 aromatic rings. The molecule has 0 bridgehead atoms. The number of piperidine rings is 1. The molecule has 0 aliphatic carbocycles. The predicted octanol–water partition coefficient (Wildman–Crippen LogP) is 4.77. The van der Waals surface area contributed by atoms with Crippen molar-refractivity contribution in [2.45, 2.75) is 45.3 Å².